The molecule has 0 heterocycles. The van der Waals surface area contributed by atoms with E-state index in [0.29, 0.717) is 11.4 Å². The zero-order valence-electron chi connectivity index (χ0n) is 7.93. The number of halogens is 1. The van der Waals surface area contributed by atoms with Gasteiger partial charge in [-0.3, -0.25) is 4.79 Å². The van der Waals surface area contributed by atoms with E-state index in [-0.39, 0.29) is 5.91 Å². The van der Waals surface area contributed by atoms with Crippen LogP contribution in [-0.4, -0.2) is 42.3 Å². The summed E-state index contributed by atoms with van der Waals surface area (Å²) in [7, 11) is 2.05. The summed E-state index contributed by atoms with van der Waals surface area (Å²) in [6.07, 6.45) is 0. The third kappa shape index (κ3) is 5.55. The molecule has 1 amide bonds. The van der Waals surface area contributed by atoms with Crippen molar-refractivity contribution in [2.45, 2.75) is 19.9 Å². The van der Waals surface area contributed by atoms with Crippen molar-refractivity contribution >= 4 is 21.8 Å². The molecule has 12 heavy (non-hydrogen) atoms. The van der Waals surface area contributed by atoms with Gasteiger partial charge in [-0.1, -0.05) is 15.9 Å². The number of alkyl halides is 1. The summed E-state index contributed by atoms with van der Waals surface area (Å²) in [5.41, 5.74) is 0. The Morgan fingerprint density at radius 1 is 1.58 bits per heavy atom. The second-order valence-electron chi connectivity index (χ2n) is 3.06. The molecule has 0 aromatic carbocycles. The summed E-state index contributed by atoms with van der Waals surface area (Å²) < 4.78 is 0. The third-order valence-electron chi connectivity index (χ3n) is 1.79. The number of hydrogen-bond donors (Lipinski definition) is 1. The monoisotopic (exact) mass is 236 g/mol. The van der Waals surface area contributed by atoms with E-state index in [0.717, 1.165) is 13.1 Å². The van der Waals surface area contributed by atoms with E-state index in [4.69, 9.17) is 0 Å². The van der Waals surface area contributed by atoms with Crippen LogP contribution in [0.25, 0.3) is 0 Å². The minimum Gasteiger partial charge on any atom is -0.354 e. The lowest BCUT2D eigenvalue weighted by molar-refractivity contribution is -0.118. The molecule has 0 aliphatic heterocycles. The van der Waals surface area contributed by atoms with Crippen LogP contribution in [0, 0.1) is 0 Å². The van der Waals surface area contributed by atoms with Crippen LogP contribution in [0.4, 0.5) is 0 Å². The number of carbonyl (C=O) groups excluding carboxylic acids is 1. The van der Waals surface area contributed by atoms with Crippen LogP contribution in [-0.2, 0) is 4.79 Å². The van der Waals surface area contributed by atoms with Gasteiger partial charge in [-0.25, -0.2) is 0 Å². The van der Waals surface area contributed by atoms with Crippen molar-refractivity contribution in [3.05, 3.63) is 0 Å². The molecule has 1 N–H and O–H groups in total. The Labute approximate surface area is 82.6 Å². The number of nitrogens with zero attached hydrogens (tertiary/aromatic N) is 1. The molecule has 0 spiro atoms. The molecule has 0 atom stereocenters. The molecule has 0 radical (unpaired) electrons. The summed E-state index contributed by atoms with van der Waals surface area (Å²) in [6, 6.07) is 0.533. The first-order valence-corrected chi connectivity index (χ1v) is 5.23. The molecule has 0 bridgehead atoms. The highest BCUT2D eigenvalue weighted by Gasteiger charge is 2.02. The first-order chi connectivity index (χ1) is 5.57. The van der Waals surface area contributed by atoms with Crippen molar-refractivity contribution in [2.24, 2.45) is 0 Å². The quantitative estimate of drug-likeness (QED) is 0.718. The zero-order chi connectivity index (χ0) is 9.56. The highest BCUT2D eigenvalue weighted by Crippen LogP contribution is 1.90. The highest BCUT2D eigenvalue weighted by atomic mass is 79.9. The molecule has 4 heteroatoms. The summed E-state index contributed by atoms with van der Waals surface area (Å²) in [6.45, 7) is 5.88. The predicted octanol–water partition coefficient (Wildman–Crippen LogP) is 0.838. The number of hydrogen-bond acceptors (Lipinski definition) is 2. The number of rotatable bonds is 5. The smallest absolute Gasteiger partial charge is 0.230 e. The second-order valence-corrected chi connectivity index (χ2v) is 3.62. The maximum absolute atomic E-state index is 10.8. The summed E-state index contributed by atoms with van der Waals surface area (Å²) in [4.78, 5) is 13.0. The van der Waals surface area contributed by atoms with Crippen LogP contribution in [0.2, 0.25) is 0 Å². The van der Waals surface area contributed by atoms with Gasteiger partial charge in [0.05, 0.1) is 5.33 Å². The Hall–Kier alpha value is -0.0900. The van der Waals surface area contributed by atoms with Gasteiger partial charge in [0.25, 0.3) is 0 Å². The minimum absolute atomic E-state index is 0.0483. The van der Waals surface area contributed by atoms with Crippen LogP contribution in [0.3, 0.4) is 0 Å². The lowest BCUT2D eigenvalue weighted by atomic mass is 10.3. The van der Waals surface area contributed by atoms with Crippen LogP contribution in [0.15, 0.2) is 0 Å². The molecule has 0 aliphatic carbocycles. The molecule has 72 valence electrons. The average molecular weight is 237 g/mol. The molecule has 3 nitrogen and oxygen atoms in total. The maximum Gasteiger partial charge on any atom is 0.230 e. The molecule has 0 rings (SSSR count). The standard InChI is InChI=1S/C8H17BrN2O/c1-7(2)11(3)5-4-10-8(12)6-9/h7H,4-6H2,1-3H3,(H,10,12). The van der Waals surface area contributed by atoms with E-state index in [9.17, 15) is 4.79 Å². The molecule has 0 aliphatic rings. The van der Waals surface area contributed by atoms with Gasteiger partial charge in [0.15, 0.2) is 0 Å². The Morgan fingerprint density at radius 3 is 2.58 bits per heavy atom. The fraction of sp³-hybridized carbons (Fsp3) is 0.875. The Balaban J connectivity index is 3.37. The number of likely N-dealkylation sites (N-methyl/N-ethyl adjacent to an activating group) is 1. The van der Waals surface area contributed by atoms with Crippen molar-refractivity contribution < 1.29 is 4.79 Å². The van der Waals surface area contributed by atoms with Crippen LogP contribution in [0.1, 0.15) is 13.8 Å². The van der Waals surface area contributed by atoms with E-state index in [1.807, 2.05) is 7.05 Å². The van der Waals surface area contributed by atoms with E-state index in [1.54, 1.807) is 0 Å². The molecular weight excluding hydrogens is 220 g/mol. The van der Waals surface area contributed by atoms with Crippen LogP contribution >= 0.6 is 15.9 Å². The van der Waals surface area contributed by atoms with Crippen molar-refractivity contribution in [2.75, 3.05) is 25.5 Å². The second kappa shape index (κ2) is 6.43. The Bertz CT molecular complexity index is 139. The van der Waals surface area contributed by atoms with Crippen molar-refractivity contribution in [1.29, 1.82) is 0 Å². The van der Waals surface area contributed by atoms with Gasteiger partial charge in [-0.15, -0.1) is 0 Å². The molecule has 0 aromatic rings. The summed E-state index contributed by atoms with van der Waals surface area (Å²) in [5, 5.41) is 3.18. The fourth-order valence-electron chi connectivity index (χ4n) is 0.677. The first kappa shape index (κ1) is 11.9. The van der Waals surface area contributed by atoms with E-state index < -0.39 is 0 Å². The number of carbonyl (C=O) groups is 1. The van der Waals surface area contributed by atoms with Gasteiger partial charge in [-0.05, 0) is 20.9 Å². The summed E-state index contributed by atoms with van der Waals surface area (Å²) >= 11 is 3.09. The van der Waals surface area contributed by atoms with Crippen LogP contribution < -0.4 is 5.32 Å². The first-order valence-electron chi connectivity index (χ1n) is 4.10. The van der Waals surface area contributed by atoms with Gasteiger partial charge < -0.3 is 10.2 Å². The van der Waals surface area contributed by atoms with Gasteiger partial charge >= 0.3 is 0 Å². The largest absolute Gasteiger partial charge is 0.354 e. The SMILES string of the molecule is CC(C)N(C)CCNC(=O)CBr. The van der Waals surface area contributed by atoms with E-state index >= 15 is 0 Å². The Kier molecular flexibility index (Phi) is 6.38. The minimum atomic E-state index is 0.0483. The lowest BCUT2D eigenvalue weighted by Crippen LogP contribution is -2.36. The van der Waals surface area contributed by atoms with Crippen LogP contribution in [0.5, 0.6) is 0 Å². The molecule has 0 saturated heterocycles. The van der Waals surface area contributed by atoms with Crippen molar-refractivity contribution in [3.63, 3.8) is 0 Å². The van der Waals surface area contributed by atoms with Gasteiger partial charge in [-0.2, -0.15) is 0 Å². The topological polar surface area (TPSA) is 32.3 Å². The van der Waals surface area contributed by atoms with Crippen molar-refractivity contribution in [3.8, 4) is 0 Å². The fourth-order valence-corrected chi connectivity index (χ4v) is 0.875. The summed E-state index contributed by atoms with van der Waals surface area (Å²) in [5.74, 6) is 0.0483. The van der Waals surface area contributed by atoms with E-state index in [1.165, 1.54) is 0 Å². The van der Waals surface area contributed by atoms with Crippen molar-refractivity contribution in [1.82, 2.24) is 10.2 Å². The predicted molar refractivity (Wildman–Crippen MR) is 54.6 cm³/mol. The number of amides is 1. The Morgan fingerprint density at radius 2 is 2.17 bits per heavy atom. The normalized spacial score (nSPS) is 10.8. The molecule has 0 aromatic heterocycles. The molecule has 0 fully saturated rings. The molecule has 0 saturated carbocycles. The van der Waals surface area contributed by atoms with Gasteiger partial charge in [0.2, 0.25) is 5.91 Å². The lowest BCUT2D eigenvalue weighted by Gasteiger charge is -2.20. The molecular formula is C8H17BrN2O. The highest BCUT2D eigenvalue weighted by molar-refractivity contribution is 9.09. The van der Waals surface area contributed by atoms with E-state index in [2.05, 4.69) is 40.0 Å². The zero-order valence-corrected chi connectivity index (χ0v) is 9.52. The van der Waals surface area contributed by atoms with Gasteiger partial charge in [0.1, 0.15) is 0 Å². The third-order valence-corrected chi connectivity index (χ3v) is 2.30. The number of nitrogens with one attached hydrogen (secondary N) is 1. The average Bonchev–Trinajstić information content (AvgIpc) is 2.03. The van der Waals surface area contributed by atoms with Gasteiger partial charge in [0, 0.05) is 19.1 Å². The molecule has 0 unspecified atom stereocenters. The maximum atomic E-state index is 10.8.